The second-order valence-corrected chi connectivity index (χ2v) is 7.69. The van der Waals surface area contributed by atoms with E-state index < -0.39 is 0 Å². The standard InChI is InChI=1S/C22H24ClN3O2S/c1-5-27-20-11-16(10-18(23)21(20)28-6-2)12-24-26-22-25-19(13-29-22)17-8-7-14(3)9-15(17)4/h7-13H,5-6H2,1-4H3,(H,25,26)/b24-12-. The number of benzene rings is 2. The lowest BCUT2D eigenvalue weighted by molar-refractivity contribution is 0.288. The lowest BCUT2D eigenvalue weighted by atomic mass is 10.0. The minimum Gasteiger partial charge on any atom is -0.490 e. The number of aryl methyl sites for hydroxylation is 2. The maximum atomic E-state index is 6.34. The molecule has 0 atom stereocenters. The van der Waals surface area contributed by atoms with Crippen LogP contribution in [0.4, 0.5) is 5.13 Å². The summed E-state index contributed by atoms with van der Waals surface area (Å²) in [4.78, 5) is 4.63. The average Bonchev–Trinajstić information content (AvgIpc) is 3.13. The van der Waals surface area contributed by atoms with E-state index in [1.807, 2.05) is 25.3 Å². The van der Waals surface area contributed by atoms with E-state index in [9.17, 15) is 0 Å². The predicted octanol–water partition coefficient (Wildman–Crippen LogP) is 6.32. The molecule has 0 amide bonds. The Morgan fingerprint density at radius 2 is 1.93 bits per heavy atom. The molecule has 152 valence electrons. The zero-order chi connectivity index (χ0) is 20.8. The fraction of sp³-hybridized carbons (Fsp3) is 0.273. The molecule has 1 N–H and O–H groups in total. The first-order valence-corrected chi connectivity index (χ1v) is 10.7. The van der Waals surface area contributed by atoms with E-state index >= 15 is 0 Å². The molecule has 3 aromatic rings. The fourth-order valence-electron chi connectivity index (χ4n) is 2.92. The smallest absolute Gasteiger partial charge is 0.203 e. The molecule has 0 unspecified atom stereocenters. The highest BCUT2D eigenvalue weighted by Crippen LogP contribution is 2.36. The Bertz CT molecular complexity index is 1020. The molecule has 7 heteroatoms. The van der Waals surface area contributed by atoms with E-state index in [1.54, 1.807) is 12.3 Å². The Morgan fingerprint density at radius 1 is 1.14 bits per heavy atom. The molecule has 0 aliphatic heterocycles. The van der Waals surface area contributed by atoms with Gasteiger partial charge < -0.3 is 9.47 Å². The van der Waals surface area contributed by atoms with Crippen LogP contribution in [0.5, 0.6) is 11.5 Å². The topological polar surface area (TPSA) is 55.7 Å². The first-order valence-electron chi connectivity index (χ1n) is 9.43. The number of anilines is 1. The highest BCUT2D eigenvalue weighted by atomic mass is 35.5. The molecule has 0 bridgehead atoms. The minimum absolute atomic E-state index is 0.491. The van der Waals surface area contributed by atoms with Gasteiger partial charge in [0.15, 0.2) is 11.5 Å². The largest absolute Gasteiger partial charge is 0.490 e. The van der Waals surface area contributed by atoms with Gasteiger partial charge in [-0.25, -0.2) is 4.98 Å². The van der Waals surface area contributed by atoms with Gasteiger partial charge in [0, 0.05) is 10.9 Å². The van der Waals surface area contributed by atoms with Crippen LogP contribution >= 0.6 is 22.9 Å². The van der Waals surface area contributed by atoms with Gasteiger partial charge in [0.25, 0.3) is 0 Å². The van der Waals surface area contributed by atoms with Crippen molar-refractivity contribution in [1.82, 2.24) is 4.98 Å². The van der Waals surface area contributed by atoms with Crippen molar-refractivity contribution in [1.29, 1.82) is 0 Å². The molecule has 3 rings (SSSR count). The van der Waals surface area contributed by atoms with Gasteiger partial charge in [-0.15, -0.1) is 11.3 Å². The van der Waals surface area contributed by atoms with Crippen LogP contribution in [0.2, 0.25) is 5.02 Å². The van der Waals surface area contributed by atoms with Crippen molar-refractivity contribution < 1.29 is 9.47 Å². The van der Waals surface area contributed by atoms with Gasteiger partial charge in [-0.05, 0) is 51.0 Å². The minimum atomic E-state index is 0.491. The normalized spacial score (nSPS) is 11.1. The zero-order valence-corrected chi connectivity index (χ0v) is 18.5. The van der Waals surface area contributed by atoms with Crippen LogP contribution in [-0.4, -0.2) is 24.4 Å². The summed E-state index contributed by atoms with van der Waals surface area (Å²) in [5, 5.41) is 7.53. The van der Waals surface area contributed by atoms with Crippen LogP contribution in [0.3, 0.4) is 0 Å². The van der Waals surface area contributed by atoms with Gasteiger partial charge in [-0.2, -0.15) is 5.10 Å². The first kappa shape index (κ1) is 21.1. The number of hydrazone groups is 1. The van der Waals surface area contributed by atoms with Gasteiger partial charge in [0.1, 0.15) is 0 Å². The molecule has 5 nitrogen and oxygen atoms in total. The predicted molar refractivity (Wildman–Crippen MR) is 122 cm³/mol. The summed E-state index contributed by atoms with van der Waals surface area (Å²) in [5.41, 5.74) is 8.31. The van der Waals surface area contributed by atoms with Crippen LogP contribution in [0.1, 0.15) is 30.5 Å². The van der Waals surface area contributed by atoms with Gasteiger partial charge in [-0.1, -0.05) is 35.4 Å². The van der Waals surface area contributed by atoms with E-state index in [1.165, 1.54) is 22.5 Å². The second-order valence-electron chi connectivity index (χ2n) is 6.42. The SMILES string of the molecule is CCOc1cc(/C=N\Nc2nc(-c3ccc(C)cc3C)cs2)cc(Cl)c1OCC. The monoisotopic (exact) mass is 429 g/mol. The zero-order valence-electron chi connectivity index (χ0n) is 17.0. The summed E-state index contributed by atoms with van der Waals surface area (Å²) in [5.74, 6) is 1.16. The molecule has 0 aliphatic carbocycles. The summed E-state index contributed by atoms with van der Waals surface area (Å²) >= 11 is 7.85. The number of hydrogen-bond donors (Lipinski definition) is 1. The Balaban J connectivity index is 1.74. The van der Waals surface area contributed by atoms with Crippen LogP contribution in [0.15, 0.2) is 40.8 Å². The number of nitrogens with zero attached hydrogens (tertiary/aromatic N) is 2. The van der Waals surface area contributed by atoms with Gasteiger partial charge in [0.2, 0.25) is 5.13 Å². The second kappa shape index (κ2) is 9.76. The molecule has 0 aliphatic rings. The average molecular weight is 430 g/mol. The van der Waals surface area contributed by atoms with Crippen LogP contribution in [0.25, 0.3) is 11.3 Å². The third-order valence-corrected chi connectivity index (χ3v) is 5.18. The van der Waals surface area contributed by atoms with Crippen molar-refractivity contribution in [3.8, 4) is 22.8 Å². The number of nitrogens with one attached hydrogen (secondary N) is 1. The maximum Gasteiger partial charge on any atom is 0.203 e. The Labute approximate surface area is 180 Å². The molecule has 2 aromatic carbocycles. The Kier molecular flexibility index (Phi) is 7.12. The summed E-state index contributed by atoms with van der Waals surface area (Å²) in [6, 6.07) is 10.0. The summed E-state index contributed by atoms with van der Waals surface area (Å²) in [6.07, 6.45) is 1.68. The van der Waals surface area contributed by atoms with Crippen molar-refractivity contribution in [2.45, 2.75) is 27.7 Å². The third-order valence-electron chi connectivity index (χ3n) is 4.16. The molecule has 0 spiro atoms. The summed E-state index contributed by atoms with van der Waals surface area (Å²) in [7, 11) is 0. The van der Waals surface area contributed by atoms with Crippen LogP contribution in [-0.2, 0) is 0 Å². The van der Waals surface area contributed by atoms with Crippen LogP contribution < -0.4 is 14.9 Å². The van der Waals surface area contributed by atoms with Crippen molar-refractivity contribution in [3.05, 3.63) is 57.4 Å². The van der Waals surface area contributed by atoms with Gasteiger partial charge in [-0.3, -0.25) is 5.43 Å². The van der Waals surface area contributed by atoms with E-state index in [0.717, 1.165) is 22.0 Å². The first-order chi connectivity index (χ1) is 14.0. The lowest BCUT2D eigenvalue weighted by Gasteiger charge is -2.13. The van der Waals surface area contributed by atoms with Crippen molar-refractivity contribution >= 4 is 34.3 Å². The molecule has 1 heterocycles. The van der Waals surface area contributed by atoms with Crippen LogP contribution in [0, 0.1) is 13.8 Å². The molecule has 1 aromatic heterocycles. The number of thiazole rings is 1. The van der Waals surface area contributed by atoms with Gasteiger partial charge >= 0.3 is 0 Å². The highest BCUT2D eigenvalue weighted by molar-refractivity contribution is 7.14. The van der Waals surface area contributed by atoms with Gasteiger partial charge in [0.05, 0.1) is 30.1 Å². The molecular weight excluding hydrogens is 406 g/mol. The molecule has 0 saturated carbocycles. The van der Waals surface area contributed by atoms with Crippen molar-refractivity contribution in [3.63, 3.8) is 0 Å². The van der Waals surface area contributed by atoms with Crippen molar-refractivity contribution in [2.75, 3.05) is 18.6 Å². The number of ether oxygens (including phenoxy) is 2. The summed E-state index contributed by atoms with van der Waals surface area (Å²) < 4.78 is 11.2. The fourth-order valence-corrected chi connectivity index (χ4v) is 3.85. The number of hydrogen-bond acceptors (Lipinski definition) is 6. The van der Waals surface area contributed by atoms with E-state index in [4.69, 9.17) is 21.1 Å². The Hall–Kier alpha value is -2.57. The Morgan fingerprint density at radius 3 is 2.66 bits per heavy atom. The van der Waals surface area contributed by atoms with E-state index in [2.05, 4.69) is 47.6 Å². The molecule has 29 heavy (non-hydrogen) atoms. The third kappa shape index (κ3) is 5.28. The number of rotatable bonds is 8. The highest BCUT2D eigenvalue weighted by Gasteiger charge is 2.12. The van der Waals surface area contributed by atoms with E-state index in [0.29, 0.717) is 29.7 Å². The summed E-state index contributed by atoms with van der Waals surface area (Å²) in [6.45, 7) is 9.05. The van der Waals surface area contributed by atoms with Crippen molar-refractivity contribution in [2.24, 2.45) is 5.10 Å². The maximum absolute atomic E-state index is 6.34. The molecule has 0 radical (unpaired) electrons. The number of aromatic nitrogens is 1. The molecule has 0 saturated heterocycles. The molecule has 0 fully saturated rings. The quantitative estimate of drug-likeness (QED) is 0.336. The molecular formula is C22H24ClN3O2S. The number of halogens is 1. The van der Waals surface area contributed by atoms with E-state index in [-0.39, 0.29) is 0 Å². The lowest BCUT2D eigenvalue weighted by Crippen LogP contribution is -2.00.